The van der Waals surface area contributed by atoms with Crippen LogP contribution in [0.2, 0.25) is 0 Å². The molecular formula is C31H43F3N4O3. The van der Waals surface area contributed by atoms with Gasteiger partial charge in [0.05, 0.1) is 12.0 Å². The number of amides is 1. The molecule has 7 nitrogen and oxygen atoms in total. The molecule has 1 aliphatic heterocycles. The van der Waals surface area contributed by atoms with E-state index >= 15 is 0 Å². The number of rotatable bonds is 14. The summed E-state index contributed by atoms with van der Waals surface area (Å²) in [5, 5.41) is 18.1. The second kappa shape index (κ2) is 15.1. The monoisotopic (exact) mass is 576 g/mol. The molecule has 0 radical (unpaired) electrons. The molecular weight excluding hydrogens is 533 g/mol. The van der Waals surface area contributed by atoms with Crippen LogP contribution in [0.1, 0.15) is 52.0 Å². The Bertz CT molecular complexity index is 1090. The topological polar surface area (TPSA) is 93.7 Å². The quantitative estimate of drug-likeness (QED) is 0.238. The zero-order valence-corrected chi connectivity index (χ0v) is 24.1. The Hall–Kier alpha value is -3.27. The molecule has 3 atom stereocenters. The predicted octanol–water partition coefficient (Wildman–Crippen LogP) is 5.47. The summed E-state index contributed by atoms with van der Waals surface area (Å²) < 4.78 is 41.9. The molecule has 3 rings (SSSR count). The zero-order valence-electron chi connectivity index (χ0n) is 24.1. The van der Waals surface area contributed by atoms with E-state index < -0.39 is 30.1 Å². The lowest BCUT2D eigenvalue weighted by atomic mass is 9.97. The van der Waals surface area contributed by atoms with Crippen LogP contribution in [0.5, 0.6) is 0 Å². The molecule has 0 bridgehead atoms. The smallest absolute Gasteiger partial charge is 0.404 e. The second-order valence-corrected chi connectivity index (χ2v) is 11.3. The van der Waals surface area contributed by atoms with Crippen molar-refractivity contribution in [3.05, 3.63) is 60.2 Å². The number of carboxylic acid groups (broad SMARTS) is 1. The van der Waals surface area contributed by atoms with Gasteiger partial charge in [-0.25, -0.2) is 0 Å². The summed E-state index contributed by atoms with van der Waals surface area (Å²) in [6, 6.07) is 13.2. The standard InChI is InChI=1S/C31H43F3N4O3/c1-4-24(20-35-25-10-12-26(13-11-25)38-16-14-23(15-17-38)30(40)41)36-29(39)27(18-21(2)3)37-28(31(32,33)34)19-22-8-6-5-7-9-22/h5-13,21,23-24,27-28,35,37H,4,14-20H2,1-3H3,(H,36,39)(H,40,41)/t24-,27-,28-/m0/s1. The van der Waals surface area contributed by atoms with Crippen LogP contribution < -0.4 is 20.9 Å². The summed E-state index contributed by atoms with van der Waals surface area (Å²) in [7, 11) is 0. The van der Waals surface area contributed by atoms with Gasteiger partial charge in [-0.05, 0) is 67.9 Å². The molecule has 0 unspecified atom stereocenters. The molecule has 1 heterocycles. The average molecular weight is 577 g/mol. The first kappa shape index (κ1) is 32.2. The van der Waals surface area contributed by atoms with Gasteiger partial charge in [0.2, 0.25) is 5.91 Å². The minimum atomic E-state index is -4.50. The number of piperidine rings is 1. The van der Waals surface area contributed by atoms with Crippen LogP contribution in [-0.4, -0.2) is 60.9 Å². The molecule has 0 saturated carbocycles. The minimum Gasteiger partial charge on any atom is -0.481 e. The van der Waals surface area contributed by atoms with Crippen LogP contribution in [0.15, 0.2) is 54.6 Å². The molecule has 0 aliphatic carbocycles. The average Bonchev–Trinajstić information content (AvgIpc) is 2.94. The molecule has 0 aromatic heterocycles. The van der Waals surface area contributed by atoms with Crippen molar-refractivity contribution in [3.63, 3.8) is 0 Å². The number of benzene rings is 2. The molecule has 1 saturated heterocycles. The van der Waals surface area contributed by atoms with Gasteiger partial charge in [-0.2, -0.15) is 13.2 Å². The number of hydrogen-bond donors (Lipinski definition) is 4. The van der Waals surface area contributed by atoms with E-state index in [-0.39, 0.29) is 30.7 Å². The molecule has 226 valence electrons. The third-order valence-electron chi connectivity index (χ3n) is 7.57. The second-order valence-electron chi connectivity index (χ2n) is 11.3. The van der Waals surface area contributed by atoms with E-state index in [1.54, 1.807) is 30.3 Å². The summed E-state index contributed by atoms with van der Waals surface area (Å²) in [5.74, 6) is -1.43. The normalized spacial score (nSPS) is 16.7. The summed E-state index contributed by atoms with van der Waals surface area (Å²) in [6.45, 7) is 7.51. The number of aliphatic carboxylic acids is 1. The van der Waals surface area contributed by atoms with E-state index in [4.69, 9.17) is 0 Å². The van der Waals surface area contributed by atoms with E-state index in [1.807, 2.05) is 45.0 Å². The van der Waals surface area contributed by atoms with Gasteiger partial charge in [0, 0.05) is 37.1 Å². The predicted molar refractivity (Wildman–Crippen MR) is 156 cm³/mol. The van der Waals surface area contributed by atoms with Gasteiger partial charge in [-0.15, -0.1) is 0 Å². The largest absolute Gasteiger partial charge is 0.481 e. The Morgan fingerprint density at radius 3 is 2.20 bits per heavy atom. The van der Waals surface area contributed by atoms with Crippen LogP contribution in [0, 0.1) is 11.8 Å². The van der Waals surface area contributed by atoms with Crippen LogP contribution >= 0.6 is 0 Å². The van der Waals surface area contributed by atoms with E-state index in [2.05, 4.69) is 20.9 Å². The number of halogens is 3. The highest BCUT2D eigenvalue weighted by Gasteiger charge is 2.41. The fraction of sp³-hybridized carbons (Fsp3) is 0.548. The number of carbonyl (C=O) groups excluding carboxylic acids is 1. The molecule has 4 N–H and O–H groups in total. The number of nitrogens with zero attached hydrogens (tertiary/aromatic N) is 1. The number of carbonyl (C=O) groups is 2. The third-order valence-corrected chi connectivity index (χ3v) is 7.57. The fourth-order valence-corrected chi connectivity index (χ4v) is 5.10. The maximum Gasteiger partial charge on any atom is 0.404 e. The van der Waals surface area contributed by atoms with Crippen LogP contribution in [0.25, 0.3) is 0 Å². The summed E-state index contributed by atoms with van der Waals surface area (Å²) >= 11 is 0. The molecule has 2 aromatic carbocycles. The third kappa shape index (κ3) is 10.3. The number of alkyl halides is 3. The molecule has 1 aliphatic rings. The number of anilines is 2. The Kier molecular flexibility index (Phi) is 11.9. The minimum absolute atomic E-state index is 0.0236. The van der Waals surface area contributed by atoms with E-state index in [1.165, 1.54) is 0 Å². The fourth-order valence-electron chi connectivity index (χ4n) is 5.10. The zero-order chi connectivity index (χ0) is 30.0. The highest BCUT2D eigenvalue weighted by molar-refractivity contribution is 5.82. The molecule has 1 fully saturated rings. The SMILES string of the molecule is CC[C@@H](CNc1ccc(N2CCC(C(=O)O)CC2)cc1)NC(=O)[C@H](CC(C)C)N[C@@H](Cc1ccccc1)C(F)(F)F. The summed E-state index contributed by atoms with van der Waals surface area (Å²) in [4.78, 5) is 26.6. The Morgan fingerprint density at radius 2 is 1.66 bits per heavy atom. The van der Waals surface area contributed by atoms with Crippen molar-refractivity contribution in [2.45, 2.75) is 77.2 Å². The van der Waals surface area contributed by atoms with Gasteiger partial charge in [0.1, 0.15) is 6.04 Å². The Balaban J connectivity index is 1.57. The summed E-state index contributed by atoms with van der Waals surface area (Å²) in [5.41, 5.74) is 2.44. The van der Waals surface area contributed by atoms with E-state index in [9.17, 15) is 27.9 Å². The van der Waals surface area contributed by atoms with E-state index in [0.717, 1.165) is 11.4 Å². The lowest BCUT2D eigenvalue weighted by Gasteiger charge is -2.32. The van der Waals surface area contributed by atoms with Crippen molar-refractivity contribution in [2.75, 3.05) is 29.9 Å². The highest BCUT2D eigenvalue weighted by atomic mass is 19.4. The van der Waals surface area contributed by atoms with E-state index in [0.29, 0.717) is 44.5 Å². The molecule has 1 amide bonds. The highest BCUT2D eigenvalue weighted by Crippen LogP contribution is 2.26. The van der Waals surface area contributed by atoms with Gasteiger partial charge in [-0.1, -0.05) is 51.1 Å². The number of carboxylic acids is 1. The van der Waals surface area contributed by atoms with Crippen molar-refractivity contribution in [1.82, 2.24) is 10.6 Å². The van der Waals surface area contributed by atoms with Crippen molar-refractivity contribution < 1.29 is 27.9 Å². The van der Waals surface area contributed by atoms with Crippen LogP contribution in [0.4, 0.5) is 24.5 Å². The maximum atomic E-state index is 14.0. The lowest BCUT2D eigenvalue weighted by Crippen LogP contribution is -2.56. The Morgan fingerprint density at radius 1 is 1.02 bits per heavy atom. The van der Waals surface area contributed by atoms with Crippen molar-refractivity contribution in [1.29, 1.82) is 0 Å². The first-order valence-electron chi connectivity index (χ1n) is 14.4. The first-order chi connectivity index (χ1) is 19.5. The van der Waals surface area contributed by atoms with Crippen molar-refractivity contribution >= 4 is 23.3 Å². The van der Waals surface area contributed by atoms with Gasteiger partial charge in [0.15, 0.2) is 0 Å². The molecule has 10 heteroatoms. The van der Waals surface area contributed by atoms with Crippen molar-refractivity contribution in [3.8, 4) is 0 Å². The number of hydrogen-bond acceptors (Lipinski definition) is 5. The Labute approximate surface area is 240 Å². The first-order valence-corrected chi connectivity index (χ1v) is 14.4. The van der Waals surface area contributed by atoms with Crippen LogP contribution in [0.3, 0.4) is 0 Å². The molecule has 2 aromatic rings. The summed E-state index contributed by atoms with van der Waals surface area (Å²) in [6.07, 6.45) is -2.63. The van der Waals surface area contributed by atoms with Crippen molar-refractivity contribution in [2.24, 2.45) is 11.8 Å². The van der Waals surface area contributed by atoms with Gasteiger partial charge in [-0.3, -0.25) is 14.9 Å². The van der Waals surface area contributed by atoms with Gasteiger partial charge < -0.3 is 20.6 Å². The molecule has 41 heavy (non-hydrogen) atoms. The van der Waals surface area contributed by atoms with Crippen LogP contribution in [-0.2, 0) is 16.0 Å². The lowest BCUT2D eigenvalue weighted by molar-refractivity contribution is -0.159. The maximum absolute atomic E-state index is 14.0. The van der Waals surface area contributed by atoms with Gasteiger partial charge in [0.25, 0.3) is 0 Å². The molecule has 0 spiro atoms. The number of nitrogens with one attached hydrogen (secondary N) is 3. The van der Waals surface area contributed by atoms with Gasteiger partial charge >= 0.3 is 12.1 Å².